The van der Waals surface area contributed by atoms with E-state index in [0.717, 1.165) is 51.9 Å². The molecule has 0 aliphatic rings. The summed E-state index contributed by atoms with van der Waals surface area (Å²) in [6, 6.07) is 3.76. The molecule has 0 saturated heterocycles. The van der Waals surface area contributed by atoms with Crippen LogP contribution in [0.2, 0.25) is 23.2 Å². The molecule has 0 unspecified atom stereocenters. The highest BCUT2D eigenvalue weighted by atomic mass is 35.5. The maximum atomic E-state index is 12.3. The Labute approximate surface area is 202 Å². The van der Waals surface area contributed by atoms with Crippen LogP contribution in [-0.4, -0.2) is 42.8 Å². The number of hydrogen-bond acceptors (Lipinski definition) is 4. The molecule has 0 aliphatic carbocycles. The van der Waals surface area contributed by atoms with Crippen molar-refractivity contribution in [2.24, 2.45) is 0 Å². The van der Waals surface area contributed by atoms with Gasteiger partial charge in [-0.3, -0.25) is 4.68 Å². The summed E-state index contributed by atoms with van der Waals surface area (Å²) in [5.41, 5.74) is 6.02. The first kappa shape index (κ1) is 25.5. The first-order chi connectivity index (χ1) is 15.3. The number of nitrogens with zero attached hydrogens (tertiary/aromatic N) is 2. The molecule has 33 heavy (non-hydrogen) atoms. The fourth-order valence-electron chi connectivity index (χ4n) is 3.87. The minimum absolute atomic E-state index is 0.184. The molecule has 6 nitrogen and oxygen atoms in total. The van der Waals surface area contributed by atoms with Gasteiger partial charge in [0, 0.05) is 29.6 Å². The summed E-state index contributed by atoms with van der Waals surface area (Å²) in [6.07, 6.45) is 0.854. The average molecular weight is 490 g/mol. The van der Waals surface area contributed by atoms with Crippen LogP contribution in [0.25, 0.3) is 22.2 Å². The van der Waals surface area contributed by atoms with E-state index in [4.69, 9.17) is 25.9 Å². The van der Waals surface area contributed by atoms with E-state index in [2.05, 4.69) is 45.8 Å². The van der Waals surface area contributed by atoms with Crippen molar-refractivity contribution in [3.63, 3.8) is 0 Å². The summed E-state index contributed by atoms with van der Waals surface area (Å²) in [6.45, 7) is 18.7. The number of methoxy groups -OCH3 is 1. The van der Waals surface area contributed by atoms with E-state index in [-0.39, 0.29) is 5.04 Å². The molecule has 1 N–H and O–H groups in total. The van der Waals surface area contributed by atoms with E-state index < -0.39 is 14.3 Å². The topological polar surface area (TPSA) is 69.1 Å². The highest BCUT2D eigenvalue weighted by Crippen LogP contribution is 2.40. The smallest absolute Gasteiger partial charge is 0.354 e. The van der Waals surface area contributed by atoms with Gasteiger partial charge in [-0.15, -0.1) is 0 Å². The third-order valence-electron chi connectivity index (χ3n) is 7.00. The van der Waals surface area contributed by atoms with Gasteiger partial charge in [-0.2, -0.15) is 5.10 Å². The number of halogens is 1. The van der Waals surface area contributed by atoms with Crippen LogP contribution in [0.15, 0.2) is 12.1 Å². The predicted molar refractivity (Wildman–Crippen MR) is 138 cm³/mol. The van der Waals surface area contributed by atoms with Gasteiger partial charge in [-0.05, 0) is 68.6 Å². The van der Waals surface area contributed by atoms with E-state index >= 15 is 0 Å². The third-order valence-corrected chi connectivity index (χ3v) is 11.9. The first-order valence-corrected chi connectivity index (χ1v) is 14.7. The maximum absolute atomic E-state index is 12.3. The Kier molecular flexibility index (Phi) is 7.18. The number of hydrogen-bond donors (Lipinski definition) is 1. The zero-order chi connectivity index (χ0) is 24.7. The molecule has 3 aromatic rings. The van der Waals surface area contributed by atoms with Gasteiger partial charge in [0.15, 0.2) is 8.32 Å². The highest BCUT2D eigenvalue weighted by Gasteiger charge is 2.36. The molecule has 1 aromatic carbocycles. The lowest BCUT2D eigenvalue weighted by molar-refractivity contribution is 0.0594. The van der Waals surface area contributed by atoms with Gasteiger partial charge < -0.3 is 14.1 Å². The van der Waals surface area contributed by atoms with Crippen LogP contribution in [0, 0.1) is 20.8 Å². The SMILES string of the molecule is COC(=O)c1[nH]c2ccc(Cl)c(-c3c(C)c(C)nn3CCCO[Si](C)(C)C(C)(C)C)c2c1C. The zero-order valence-electron chi connectivity index (χ0n) is 21.3. The first-order valence-electron chi connectivity index (χ1n) is 11.4. The molecule has 180 valence electrons. The lowest BCUT2D eigenvalue weighted by Gasteiger charge is -2.36. The molecular weight excluding hydrogens is 454 g/mol. The molecule has 0 saturated carbocycles. The van der Waals surface area contributed by atoms with Crippen molar-refractivity contribution in [2.75, 3.05) is 13.7 Å². The fraction of sp³-hybridized carbons (Fsp3) is 0.520. The maximum Gasteiger partial charge on any atom is 0.354 e. The second-order valence-electron chi connectivity index (χ2n) is 10.2. The van der Waals surface area contributed by atoms with Gasteiger partial charge >= 0.3 is 5.97 Å². The minimum Gasteiger partial charge on any atom is -0.464 e. The fourth-order valence-corrected chi connectivity index (χ4v) is 5.20. The van der Waals surface area contributed by atoms with Crippen molar-refractivity contribution < 1.29 is 14.0 Å². The summed E-state index contributed by atoms with van der Waals surface area (Å²) in [5, 5.41) is 6.55. The van der Waals surface area contributed by atoms with Crippen molar-refractivity contribution in [1.29, 1.82) is 0 Å². The minimum atomic E-state index is -1.79. The number of fused-ring (bicyclic) bond motifs is 1. The molecule has 0 bridgehead atoms. The van der Waals surface area contributed by atoms with Gasteiger partial charge in [0.25, 0.3) is 0 Å². The van der Waals surface area contributed by atoms with E-state index in [9.17, 15) is 4.79 Å². The molecule has 0 atom stereocenters. The molecule has 0 aliphatic heterocycles. The number of nitrogens with one attached hydrogen (secondary N) is 1. The van der Waals surface area contributed by atoms with Gasteiger partial charge in [-0.1, -0.05) is 32.4 Å². The molecule has 2 heterocycles. The second-order valence-corrected chi connectivity index (χ2v) is 15.4. The monoisotopic (exact) mass is 489 g/mol. The Morgan fingerprint density at radius 1 is 1.18 bits per heavy atom. The zero-order valence-corrected chi connectivity index (χ0v) is 23.0. The Bertz CT molecular complexity index is 1190. The molecule has 0 radical (unpaired) electrons. The van der Waals surface area contributed by atoms with Gasteiger partial charge in [0.05, 0.1) is 23.5 Å². The van der Waals surface area contributed by atoms with Crippen molar-refractivity contribution in [2.45, 2.75) is 72.6 Å². The summed E-state index contributed by atoms with van der Waals surface area (Å²) in [7, 11) is -0.405. The van der Waals surface area contributed by atoms with Crippen LogP contribution in [0.1, 0.15) is 54.5 Å². The standard InChI is InChI=1S/C25H36ClN3O3Si/c1-15-17(3)28-29(13-10-14-32-33(8,9)25(4,5)6)23(15)21-18(26)11-12-19-20(21)16(2)22(27-19)24(30)31-7/h11-12,27H,10,13-14H2,1-9H3. The Morgan fingerprint density at radius 3 is 2.45 bits per heavy atom. The van der Waals surface area contributed by atoms with E-state index in [1.54, 1.807) is 0 Å². The Morgan fingerprint density at radius 2 is 1.85 bits per heavy atom. The summed E-state index contributed by atoms with van der Waals surface area (Å²) in [4.78, 5) is 15.5. The molecule has 2 aromatic heterocycles. The van der Waals surface area contributed by atoms with Crippen LogP contribution >= 0.6 is 11.6 Å². The van der Waals surface area contributed by atoms with Crippen LogP contribution in [0.5, 0.6) is 0 Å². The molecule has 3 rings (SSSR count). The van der Waals surface area contributed by atoms with Crippen LogP contribution in [0.3, 0.4) is 0 Å². The lowest BCUT2D eigenvalue weighted by atomic mass is 9.99. The number of ether oxygens (including phenoxy) is 1. The number of esters is 1. The molecule has 0 amide bonds. The Hall–Kier alpha value is -2.09. The Balaban J connectivity index is 2.00. The van der Waals surface area contributed by atoms with Crippen LogP contribution in [0.4, 0.5) is 0 Å². The number of rotatable bonds is 7. The van der Waals surface area contributed by atoms with Crippen molar-refractivity contribution in [1.82, 2.24) is 14.8 Å². The van der Waals surface area contributed by atoms with E-state index in [0.29, 0.717) is 17.3 Å². The van der Waals surface area contributed by atoms with Crippen molar-refractivity contribution in [3.05, 3.63) is 39.7 Å². The van der Waals surface area contributed by atoms with Crippen LogP contribution in [-0.2, 0) is 15.7 Å². The molecule has 0 fully saturated rings. The number of aromatic nitrogens is 3. The molecule has 8 heteroatoms. The second kappa shape index (κ2) is 9.28. The van der Waals surface area contributed by atoms with E-state index in [1.807, 2.05) is 30.7 Å². The number of aryl methyl sites for hydroxylation is 3. The summed E-state index contributed by atoms with van der Waals surface area (Å²) < 4.78 is 13.4. The number of carbonyl (C=O) groups is 1. The average Bonchev–Trinajstić information content (AvgIpc) is 3.21. The summed E-state index contributed by atoms with van der Waals surface area (Å²) >= 11 is 6.77. The van der Waals surface area contributed by atoms with Gasteiger partial charge in [-0.25, -0.2) is 4.79 Å². The number of aromatic amines is 1. The predicted octanol–water partition coefficient (Wildman–Crippen LogP) is 6.81. The van der Waals surface area contributed by atoms with Crippen LogP contribution < -0.4 is 0 Å². The number of benzene rings is 1. The molecule has 0 spiro atoms. The van der Waals surface area contributed by atoms with E-state index in [1.165, 1.54) is 7.11 Å². The quantitative estimate of drug-likeness (QED) is 0.225. The molecular formula is C25H36ClN3O3Si. The number of carbonyl (C=O) groups excluding carboxylic acids is 1. The highest BCUT2D eigenvalue weighted by molar-refractivity contribution is 6.74. The van der Waals surface area contributed by atoms with Gasteiger partial charge in [0.2, 0.25) is 0 Å². The normalized spacial score (nSPS) is 12.5. The summed E-state index contributed by atoms with van der Waals surface area (Å²) in [5.74, 6) is -0.394. The van der Waals surface area contributed by atoms with Crippen molar-refractivity contribution >= 4 is 36.8 Å². The van der Waals surface area contributed by atoms with Crippen molar-refractivity contribution in [3.8, 4) is 11.3 Å². The third kappa shape index (κ3) is 4.77. The lowest BCUT2D eigenvalue weighted by Crippen LogP contribution is -2.41. The van der Waals surface area contributed by atoms with Gasteiger partial charge in [0.1, 0.15) is 5.69 Å². The largest absolute Gasteiger partial charge is 0.464 e. The number of H-pyrrole nitrogens is 1.